The van der Waals surface area contributed by atoms with Gasteiger partial charge >= 0.3 is 0 Å². The zero-order valence-electron chi connectivity index (χ0n) is 14.8. The zero-order valence-corrected chi connectivity index (χ0v) is 15.6. The van der Waals surface area contributed by atoms with Gasteiger partial charge in [0, 0.05) is 23.9 Å². The first kappa shape index (κ1) is 18.8. The van der Waals surface area contributed by atoms with Crippen molar-refractivity contribution in [3.63, 3.8) is 0 Å². The third-order valence-electron chi connectivity index (χ3n) is 4.51. The van der Waals surface area contributed by atoms with Crippen LogP contribution >= 0.6 is 0 Å². The van der Waals surface area contributed by atoms with Crippen LogP contribution in [0.1, 0.15) is 0 Å². The number of aliphatic hydroxyl groups excluding tert-OH is 1. The van der Waals surface area contributed by atoms with Crippen LogP contribution in [0.3, 0.4) is 0 Å². The van der Waals surface area contributed by atoms with Crippen LogP contribution in [-0.2, 0) is 24.2 Å². The minimum absolute atomic E-state index is 0.101. The molecule has 29 heavy (non-hydrogen) atoms. The number of sulfone groups is 1. The van der Waals surface area contributed by atoms with Gasteiger partial charge in [0.15, 0.2) is 6.23 Å². The topological polar surface area (TPSA) is 112 Å². The number of benzene rings is 2. The van der Waals surface area contributed by atoms with E-state index in [4.69, 9.17) is 0 Å². The largest absolute Gasteiger partial charge is 0.369 e. The van der Waals surface area contributed by atoms with E-state index in [1.807, 2.05) is 0 Å². The lowest BCUT2D eigenvalue weighted by molar-refractivity contribution is -0.120. The van der Waals surface area contributed by atoms with Crippen molar-refractivity contribution in [2.45, 2.75) is 16.0 Å². The summed E-state index contributed by atoms with van der Waals surface area (Å²) in [5.41, 5.74) is 0.357. The first-order chi connectivity index (χ1) is 13.8. The molecule has 146 valence electrons. The Balaban J connectivity index is 1.72. The van der Waals surface area contributed by atoms with E-state index >= 15 is 0 Å². The van der Waals surface area contributed by atoms with Gasteiger partial charge in [-0.05, 0) is 42.5 Å². The highest BCUT2D eigenvalue weighted by Gasteiger charge is 2.29. The Bertz CT molecular complexity index is 1200. The average Bonchev–Trinajstić information content (AvgIpc) is 3.22. The van der Waals surface area contributed by atoms with Crippen molar-refractivity contribution in [3.8, 4) is 0 Å². The summed E-state index contributed by atoms with van der Waals surface area (Å²) in [4.78, 5) is 37.4. The molecule has 4 rings (SSSR count). The maximum absolute atomic E-state index is 13.1. The van der Waals surface area contributed by atoms with Crippen molar-refractivity contribution < 1.29 is 27.9 Å². The molecular formula is C20H14N2O6S. The molecule has 2 aromatic carbocycles. The van der Waals surface area contributed by atoms with Gasteiger partial charge in [-0.15, -0.1) is 0 Å². The number of anilines is 2. The van der Waals surface area contributed by atoms with Crippen LogP contribution in [0.4, 0.5) is 11.4 Å². The summed E-state index contributed by atoms with van der Waals surface area (Å²) in [6.07, 6.45) is 3.54. The Morgan fingerprint density at radius 3 is 1.86 bits per heavy atom. The van der Waals surface area contributed by atoms with E-state index in [0.717, 1.165) is 22.0 Å². The van der Waals surface area contributed by atoms with Gasteiger partial charge in [0.05, 0.1) is 15.5 Å². The summed E-state index contributed by atoms with van der Waals surface area (Å²) in [6.45, 7) is 0. The van der Waals surface area contributed by atoms with Gasteiger partial charge < -0.3 is 5.11 Å². The average molecular weight is 410 g/mol. The minimum atomic E-state index is -4.02. The fourth-order valence-corrected chi connectivity index (χ4v) is 4.47. The summed E-state index contributed by atoms with van der Waals surface area (Å²) < 4.78 is 26.2. The zero-order chi connectivity index (χ0) is 20.8. The monoisotopic (exact) mass is 410 g/mol. The fraction of sp³-hybridized carbons (Fsp3) is 0.0500. The Kier molecular flexibility index (Phi) is 4.40. The second-order valence-electron chi connectivity index (χ2n) is 6.32. The summed E-state index contributed by atoms with van der Waals surface area (Å²) in [5.74, 6) is -1.58. The molecule has 0 radical (unpaired) electrons. The lowest BCUT2D eigenvalue weighted by atomic mass is 10.3. The number of imide groups is 1. The van der Waals surface area contributed by atoms with Crippen molar-refractivity contribution >= 4 is 38.9 Å². The molecule has 2 aliphatic heterocycles. The molecular weight excluding hydrogens is 396 g/mol. The number of hydrogen-bond acceptors (Lipinski definition) is 6. The van der Waals surface area contributed by atoms with E-state index in [0.29, 0.717) is 0 Å². The lowest BCUT2D eigenvalue weighted by Crippen LogP contribution is -2.33. The molecule has 0 aliphatic carbocycles. The Morgan fingerprint density at radius 1 is 0.759 bits per heavy atom. The molecule has 1 atom stereocenters. The standard InChI is InChI=1S/C20H14N2O6S/c23-17-7-8-18(24)21(17)13-3-1-5-15(11-13)29(27,28)16-6-2-4-14(12-16)22-19(25)9-10-20(22)26/h1-12,17,23H. The van der Waals surface area contributed by atoms with Crippen LogP contribution in [-0.4, -0.2) is 37.5 Å². The molecule has 0 saturated carbocycles. The van der Waals surface area contributed by atoms with Gasteiger partial charge in [-0.3, -0.25) is 19.3 Å². The highest BCUT2D eigenvalue weighted by molar-refractivity contribution is 7.91. The molecule has 8 nitrogen and oxygen atoms in total. The predicted octanol–water partition coefficient (Wildman–Crippen LogP) is 1.17. The number of amides is 3. The molecule has 2 aromatic rings. The predicted molar refractivity (Wildman–Crippen MR) is 103 cm³/mol. The maximum atomic E-state index is 13.1. The SMILES string of the molecule is O=C1C=CC(=O)N1c1cccc(S(=O)(=O)c2cccc(N3C(=O)C=CC3O)c2)c1. The van der Waals surface area contributed by atoms with Crippen LogP contribution in [0.25, 0.3) is 0 Å². The summed E-state index contributed by atoms with van der Waals surface area (Å²) >= 11 is 0. The van der Waals surface area contributed by atoms with Gasteiger partial charge in [0.1, 0.15) is 0 Å². The van der Waals surface area contributed by atoms with Crippen molar-refractivity contribution in [2.24, 2.45) is 0 Å². The molecule has 9 heteroatoms. The number of nitrogens with zero attached hydrogens (tertiary/aromatic N) is 2. The van der Waals surface area contributed by atoms with Gasteiger partial charge in [0.2, 0.25) is 9.84 Å². The fourth-order valence-electron chi connectivity index (χ4n) is 3.13. The third kappa shape index (κ3) is 3.16. The van der Waals surface area contributed by atoms with Crippen LogP contribution in [0.5, 0.6) is 0 Å². The normalized spacial score (nSPS) is 18.9. The summed E-state index contributed by atoms with van der Waals surface area (Å²) in [6, 6.07) is 11.1. The molecule has 0 fully saturated rings. The quantitative estimate of drug-likeness (QED) is 0.758. The molecule has 0 saturated heterocycles. The van der Waals surface area contributed by atoms with Gasteiger partial charge in [-0.2, -0.15) is 0 Å². The molecule has 0 aromatic heterocycles. The van der Waals surface area contributed by atoms with E-state index in [-0.39, 0.29) is 21.2 Å². The molecule has 0 bridgehead atoms. The first-order valence-corrected chi connectivity index (χ1v) is 9.98. The Hall–Kier alpha value is -3.56. The van der Waals surface area contributed by atoms with Gasteiger partial charge in [0.25, 0.3) is 17.7 Å². The lowest BCUT2D eigenvalue weighted by Gasteiger charge is -2.21. The Morgan fingerprint density at radius 2 is 1.31 bits per heavy atom. The van der Waals surface area contributed by atoms with Crippen LogP contribution in [0, 0.1) is 0 Å². The third-order valence-corrected chi connectivity index (χ3v) is 6.26. The molecule has 3 amide bonds. The van der Waals surface area contributed by atoms with E-state index in [1.165, 1.54) is 60.7 Å². The van der Waals surface area contributed by atoms with Crippen LogP contribution in [0.2, 0.25) is 0 Å². The summed E-state index contributed by atoms with van der Waals surface area (Å²) in [7, 11) is -4.02. The van der Waals surface area contributed by atoms with E-state index in [1.54, 1.807) is 0 Å². The summed E-state index contributed by atoms with van der Waals surface area (Å²) in [5, 5.41) is 9.92. The van der Waals surface area contributed by atoms with Crippen LogP contribution < -0.4 is 9.80 Å². The van der Waals surface area contributed by atoms with E-state index in [2.05, 4.69) is 0 Å². The molecule has 1 N–H and O–H groups in total. The van der Waals surface area contributed by atoms with Crippen molar-refractivity contribution in [1.82, 2.24) is 0 Å². The number of hydrogen-bond donors (Lipinski definition) is 1. The van der Waals surface area contributed by atoms with Crippen molar-refractivity contribution in [2.75, 3.05) is 9.80 Å². The molecule has 2 aliphatic rings. The van der Waals surface area contributed by atoms with Gasteiger partial charge in [-0.1, -0.05) is 12.1 Å². The number of carbonyl (C=O) groups excluding carboxylic acids is 3. The second kappa shape index (κ2) is 6.80. The highest BCUT2D eigenvalue weighted by atomic mass is 32.2. The van der Waals surface area contributed by atoms with E-state index in [9.17, 15) is 27.9 Å². The maximum Gasteiger partial charge on any atom is 0.258 e. The Labute approximate surface area is 165 Å². The van der Waals surface area contributed by atoms with E-state index < -0.39 is 33.8 Å². The number of carbonyl (C=O) groups is 3. The number of aliphatic hydroxyl groups is 1. The first-order valence-electron chi connectivity index (χ1n) is 8.50. The number of rotatable bonds is 4. The molecule has 2 heterocycles. The molecule has 0 spiro atoms. The highest BCUT2D eigenvalue weighted by Crippen LogP contribution is 2.30. The minimum Gasteiger partial charge on any atom is -0.369 e. The van der Waals surface area contributed by atoms with Crippen molar-refractivity contribution in [3.05, 3.63) is 72.8 Å². The molecule has 1 unspecified atom stereocenters. The van der Waals surface area contributed by atoms with Crippen LogP contribution in [0.15, 0.2) is 82.6 Å². The second-order valence-corrected chi connectivity index (χ2v) is 8.27. The smallest absolute Gasteiger partial charge is 0.258 e. The van der Waals surface area contributed by atoms with Crippen molar-refractivity contribution in [1.29, 1.82) is 0 Å². The van der Waals surface area contributed by atoms with Gasteiger partial charge in [-0.25, -0.2) is 13.3 Å².